The number of hydrogen-bond donors (Lipinski definition) is 1. The van der Waals surface area contributed by atoms with E-state index in [-0.39, 0.29) is 18.0 Å². The van der Waals surface area contributed by atoms with E-state index in [0.29, 0.717) is 5.69 Å². The molecular formula is C18H17F3N2O4S. The van der Waals surface area contributed by atoms with Gasteiger partial charge in [0.2, 0.25) is 10.0 Å². The lowest BCUT2D eigenvalue weighted by Gasteiger charge is -2.34. The number of sulfonamides is 1. The molecule has 0 radical (unpaired) electrons. The standard InChI is InChI=1S/C18H17F3N2O4S/c1-11-3-8-15-14(9-11)23(28(2,25)26)10-16(27-15)17(24)22-13-6-4-12(5-7-13)18(19,20)21/h3-9,16H,10H2,1-2H3,(H,22,24)/t16-/m1/s1. The number of anilines is 2. The highest BCUT2D eigenvalue weighted by atomic mass is 32.2. The largest absolute Gasteiger partial charge is 0.476 e. The lowest BCUT2D eigenvalue weighted by Crippen LogP contribution is -2.48. The van der Waals surface area contributed by atoms with Crippen LogP contribution in [-0.4, -0.2) is 33.2 Å². The topological polar surface area (TPSA) is 75.7 Å². The zero-order valence-corrected chi connectivity index (χ0v) is 15.8. The van der Waals surface area contributed by atoms with Crippen LogP contribution in [0.25, 0.3) is 0 Å². The molecule has 1 amide bonds. The van der Waals surface area contributed by atoms with Crippen LogP contribution in [0.4, 0.5) is 24.5 Å². The van der Waals surface area contributed by atoms with Crippen LogP contribution in [0.2, 0.25) is 0 Å². The average Bonchev–Trinajstić information content (AvgIpc) is 2.59. The van der Waals surface area contributed by atoms with Crippen LogP contribution in [0, 0.1) is 6.92 Å². The molecule has 0 bridgehead atoms. The Morgan fingerprint density at radius 3 is 2.39 bits per heavy atom. The van der Waals surface area contributed by atoms with Crippen LogP contribution in [0.5, 0.6) is 5.75 Å². The highest BCUT2D eigenvalue weighted by Crippen LogP contribution is 2.36. The first-order valence-corrected chi connectivity index (χ1v) is 10.0. The fourth-order valence-electron chi connectivity index (χ4n) is 2.78. The number of carbonyl (C=O) groups is 1. The number of hydrogen-bond acceptors (Lipinski definition) is 4. The van der Waals surface area contributed by atoms with Gasteiger partial charge in [0.05, 0.1) is 24.1 Å². The third-order valence-corrected chi connectivity index (χ3v) is 5.30. The Bertz CT molecular complexity index is 1000. The Balaban J connectivity index is 1.82. The number of alkyl halides is 3. The summed E-state index contributed by atoms with van der Waals surface area (Å²) >= 11 is 0. The number of halogens is 3. The molecule has 0 fully saturated rings. The van der Waals surface area contributed by atoms with E-state index >= 15 is 0 Å². The van der Waals surface area contributed by atoms with Gasteiger partial charge in [0, 0.05) is 5.69 Å². The number of ether oxygens (including phenoxy) is 1. The Morgan fingerprint density at radius 2 is 1.82 bits per heavy atom. The van der Waals surface area contributed by atoms with E-state index in [1.165, 1.54) is 0 Å². The minimum Gasteiger partial charge on any atom is -0.476 e. The van der Waals surface area contributed by atoms with E-state index in [9.17, 15) is 26.4 Å². The van der Waals surface area contributed by atoms with Crippen molar-refractivity contribution in [2.45, 2.75) is 19.2 Å². The highest BCUT2D eigenvalue weighted by Gasteiger charge is 2.35. The molecule has 28 heavy (non-hydrogen) atoms. The average molecular weight is 414 g/mol. The minimum absolute atomic E-state index is 0.141. The van der Waals surface area contributed by atoms with Crippen LogP contribution in [0.15, 0.2) is 42.5 Å². The van der Waals surface area contributed by atoms with Crippen LogP contribution in [0.1, 0.15) is 11.1 Å². The Labute approximate surface area is 160 Å². The number of rotatable bonds is 3. The smallest absolute Gasteiger partial charge is 0.416 e. The Morgan fingerprint density at radius 1 is 1.18 bits per heavy atom. The van der Waals surface area contributed by atoms with E-state index in [0.717, 1.165) is 40.4 Å². The van der Waals surface area contributed by atoms with Crippen molar-refractivity contribution in [2.24, 2.45) is 0 Å². The molecule has 1 aliphatic heterocycles. The summed E-state index contributed by atoms with van der Waals surface area (Å²) in [7, 11) is -3.67. The second-order valence-corrected chi connectivity index (χ2v) is 8.34. The van der Waals surface area contributed by atoms with Gasteiger partial charge in [-0.3, -0.25) is 9.10 Å². The summed E-state index contributed by atoms with van der Waals surface area (Å²) in [4.78, 5) is 12.5. The van der Waals surface area contributed by atoms with Gasteiger partial charge < -0.3 is 10.1 Å². The van der Waals surface area contributed by atoms with Crippen molar-refractivity contribution in [3.8, 4) is 5.75 Å². The van der Waals surface area contributed by atoms with Crippen LogP contribution < -0.4 is 14.4 Å². The zero-order valence-electron chi connectivity index (χ0n) is 14.9. The normalized spacial score (nSPS) is 16.9. The van der Waals surface area contributed by atoms with Gasteiger partial charge in [-0.25, -0.2) is 8.42 Å². The molecule has 1 aliphatic rings. The number of benzene rings is 2. The van der Waals surface area contributed by atoms with Crippen molar-refractivity contribution in [3.05, 3.63) is 53.6 Å². The molecular weight excluding hydrogens is 397 g/mol. The number of fused-ring (bicyclic) bond motifs is 1. The highest BCUT2D eigenvalue weighted by molar-refractivity contribution is 7.92. The third-order valence-electron chi connectivity index (χ3n) is 4.16. The number of amides is 1. The van der Waals surface area contributed by atoms with Gasteiger partial charge in [-0.15, -0.1) is 0 Å². The summed E-state index contributed by atoms with van der Waals surface area (Å²) in [6, 6.07) is 8.86. The third kappa shape index (κ3) is 4.22. The molecule has 150 valence electrons. The quantitative estimate of drug-likeness (QED) is 0.837. The number of nitrogens with one attached hydrogen (secondary N) is 1. The minimum atomic E-state index is -4.48. The fourth-order valence-corrected chi connectivity index (χ4v) is 3.68. The van der Waals surface area contributed by atoms with Gasteiger partial charge in [0.25, 0.3) is 5.91 Å². The first kappa shape index (κ1) is 20.0. The Kier molecular flexibility index (Phi) is 5.00. The van der Waals surface area contributed by atoms with E-state index in [1.54, 1.807) is 25.1 Å². The summed E-state index contributed by atoms with van der Waals surface area (Å²) in [5.41, 5.74) is 0.457. The molecule has 3 rings (SSSR count). The summed E-state index contributed by atoms with van der Waals surface area (Å²) in [6.45, 7) is 1.55. The van der Waals surface area contributed by atoms with Gasteiger partial charge in [-0.2, -0.15) is 13.2 Å². The van der Waals surface area contributed by atoms with Crippen molar-refractivity contribution in [3.63, 3.8) is 0 Å². The second kappa shape index (κ2) is 7.01. The SMILES string of the molecule is Cc1ccc2c(c1)N(S(C)(=O)=O)C[C@H](C(=O)Nc1ccc(C(F)(F)F)cc1)O2. The van der Waals surface area contributed by atoms with Gasteiger partial charge in [0.1, 0.15) is 5.75 Å². The molecule has 0 saturated heterocycles. The molecule has 2 aromatic carbocycles. The summed E-state index contributed by atoms with van der Waals surface area (Å²) in [5.74, 6) is -0.436. The first-order valence-electron chi connectivity index (χ1n) is 8.18. The van der Waals surface area contributed by atoms with Crippen LogP contribution in [-0.2, 0) is 21.0 Å². The Hall–Kier alpha value is -2.75. The maximum absolute atomic E-state index is 12.6. The number of nitrogens with zero attached hydrogens (tertiary/aromatic N) is 1. The molecule has 0 aliphatic carbocycles. The van der Waals surface area contributed by atoms with Crippen LogP contribution >= 0.6 is 0 Å². The van der Waals surface area contributed by atoms with Crippen molar-refractivity contribution < 1.29 is 31.1 Å². The predicted molar refractivity (Wildman–Crippen MR) is 97.9 cm³/mol. The lowest BCUT2D eigenvalue weighted by molar-refractivity contribution is -0.137. The molecule has 2 aromatic rings. The molecule has 1 heterocycles. The molecule has 1 N–H and O–H groups in total. The maximum Gasteiger partial charge on any atom is 0.416 e. The lowest BCUT2D eigenvalue weighted by atomic mass is 10.1. The number of aryl methyl sites for hydroxylation is 1. The molecule has 10 heteroatoms. The van der Waals surface area contributed by atoms with Gasteiger partial charge in [-0.05, 0) is 48.9 Å². The molecule has 0 spiro atoms. The van der Waals surface area contributed by atoms with Crippen molar-refractivity contribution in [2.75, 3.05) is 22.4 Å². The predicted octanol–water partition coefficient (Wildman–Crippen LogP) is 3.18. The zero-order chi connectivity index (χ0) is 20.7. The maximum atomic E-state index is 12.6. The van der Waals surface area contributed by atoms with Gasteiger partial charge in [-0.1, -0.05) is 6.07 Å². The summed E-state index contributed by atoms with van der Waals surface area (Å²) in [6.07, 6.45) is -4.62. The second-order valence-electron chi connectivity index (χ2n) is 6.44. The monoisotopic (exact) mass is 414 g/mol. The van der Waals surface area contributed by atoms with E-state index in [2.05, 4.69) is 5.32 Å². The summed E-state index contributed by atoms with van der Waals surface area (Å²) in [5, 5.41) is 2.45. The molecule has 0 saturated carbocycles. The van der Waals surface area contributed by atoms with Crippen LogP contribution in [0.3, 0.4) is 0 Å². The molecule has 6 nitrogen and oxygen atoms in total. The first-order chi connectivity index (χ1) is 12.9. The molecule has 0 aromatic heterocycles. The molecule has 1 atom stereocenters. The summed E-state index contributed by atoms with van der Waals surface area (Å²) < 4.78 is 68.9. The fraction of sp³-hybridized carbons (Fsp3) is 0.278. The van der Waals surface area contributed by atoms with E-state index in [1.807, 2.05) is 0 Å². The van der Waals surface area contributed by atoms with E-state index in [4.69, 9.17) is 4.74 Å². The van der Waals surface area contributed by atoms with E-state index < -0.39 is 33.8 Å². The molecule has 0 unspecified atom stereocenters. The van der Waals surface area contributed by atoms with Crippen molar-refractivity contribution >= 4 is 27.3 Å². The number of carbonyl (C=O) groups excluding carboxylic acids is 1. The van der Waals surface area contributed by atoms with Crippen molar-refractivity contribution in [1.82, 2.24) is 0 Å². The van der Waals surface area contributed by atoms with Crippen molar-refractivity contribution in [1.29, 1.82) is 0 Å². The van der Waals surface area contributed by atoms with Gasteiger partial charge >= 0.3 is 6.18 Å². The van der Waals surface area contributed by atoms with Gasteiger partial charge in [0.15, 0.2) is 6.10 Å².